The monoisotopic (exact) mass is 336 g/mol. The molecule has 1 amide bonds. The van der Waals surface area contributed by atoms with Crippen molar-refractivity contribution < 1.29 is 4.79 Å². The van der Waals surface area contributed by atoms with Crippen molar-refractivity contribution in [1.82, 2.24) is 10.2 Å². The molecule has 1 fully saturated rings. The Bertz CT molecular complexity index is 468. The first-order valence-corrected chi connectivity index (χ1v) is 7.24. The Kier molecular flexibility index (Phi) is 7.10. The van der Waals surface area contributed by atoms with Crippen LogP contribution in [0.15, 0.2) is 18.2 Å². The summed E-state index contributed by atoms with van der Waals surface area (Å²) in [6.07, 6.45) is 2.51. The van der Waals surface area contributed by atoms with Gasteiger partial charge in [0.05, 0.1) is 6.42 Å². The van der Waals surface area contributed by atoms with Crippen LogP contribution in [0, 0.1) is 0 Å². The van der Waals surface area contributed by atoms with Gasteiger partial charge in [-0.1, -0.05) is 29.3 Å². The Morgan fingerprint density at radius 2 is 2.20 bits per heavy atom. The summed E-state index contributed by atoms with van der Waals surface area (Å²) in [5, 5.41) is 4.38. The Morgan fingerprint density at radius 3 is 2.85 bits per heavy atom. The van der Waals surface area contributed by atoms with E-state index in [-0.39, 0.29) is 18.3 Å². The SMILES string of the molecule is CNC1CCCN(C(=O)Cc2ccc(Cl)cc2Cl)C1.Cl. The molecule has 1 aliphatic heterocycles. The second-order valence-electron chi connectivity index (χ2n) is 4.88. The molecule has 0 spiro atoms. The minimum atomic E-state index is 0. The summed E-state index contributed by atoms with van der Waals surface area (Å²) in [4.78, 5) is 14.2. The summed E-state index contributed by atoms with van der Waals surface area (Å²) >= 11 is 12.0. The van der Waals surface area contributed by atoms with Gasteiger partial charge in [0.15, 0.2) is 0 Å². The summed E-state index contributed by atoms with van der Waals surface area (Å²) in [5.41, 5.74) is 0.836. The number of hydrogen-bond acceptors (Lipinski definition) is 2. The number of nitrogens with zero attached hydrogens (tertiary/aromatic N) is 1. The van der Waals surface area contributed by atoms with E-state index in [2.05, 4.69) is 5.32 Å². The molecule has 112 valence electrons. The molecular weight excluding hydrogens is 319 g/mol. The summed E-state index contributed by atoms with van der Waals surface area (Å²) < 4.78 is 0. The Morgan fingerprint density at radius 1 is 1.45 bits per heavy atom. The summed E-state index contributed by atoms with van der Waals surface area (Å²) in [5.74, 6) is 0.129. The van der Waals surface area contributed by atoms with E-state index in [4.69, 9.17) is 23.2 Å². The molecule has 0 bridgehead atoms. The Labute approximate surface area is 136 Å². The van der Waals surface area contributed by atoms with Crippen molar-refractivity contribution in [3.63, 3.8) is 0 Å². The molecular formula is C14H19Cl3N2O. The zero-order chi connectivity index (χ0) is 13.8. The normalized spacial score (nSPS) is 18.6. The first-order valence-electron chi connectivity index (χ1n) is 6.49. The van der Waals surface area contributed by atoms with E-state index in [0.717, 1.165) is 31.5 Å². The van der Waals surface area contributed by atoms with Gasteiger partial charge < -0.3 is 10.2 Å². The lowest BCUT2D eigenvalue weighted by molar-refractivity contribution is -0.131. The van der Waals surface area contributed by atoms with Crippen molar-refractivity contribution in [3.8, 4) is 0 Å². The number of benzene rings is 1. The zero-order valence-electron chi connectivity index (χ0n) is 11.4. The standard InChI is InChI=1S/C14H18Cl2N2O.ClH/c1-17-12-3-2-6-18(9-12)14(19)7-10-4-5-11(15)8-13(10)16;/h4-5,8,12,17H,2-3,6-7,9H2,1H3;1H. The number of piperidine rings is 1. The average Bonchev–Trinajstić information content (AvgIpc) is 2.42. The highest BCUT2D eigenvalue weighted by Gasteiger charge is 2.22. The van der Waals surface area contributed by atoms with Crippen LogP contribution in [-0.2, 0) is 11.2 Å². The number of amides is 1. The first-order chi connectivity index (χ1) is 9.10. The second-order valence-corrected chi connectivity index (χ2v) is 5.72. The maximum absolute atomic E-state index is 12.3. The van der Waals surface area contributed by atoms with Gasteiger partial charge in [0.2, 0.25) is 5.91 Å². The maximum atomic E-state index is 12.3. The zero-order valence-corrected chi connectivity index (χ0v) is 13.7. The number of likely N-dealkylation sites (N-methyl/N-ethyl adjacent to an activating group) is 1. The van der Waals surface area contributed by atoms with Gasteiger partial charge in [-0.15, -0.1) is 12.4 Å². The number of halogens is 3. The van der Waals surface area contributed by atoms with Crippen LogP contribution in [0.3, 0.4) is 0 Å². The topological polar surface area (TPSA) is 32.3 Å². The molecule has 1 N–H and O–H groups in total. The highest BCUT2D eigenvalue weighted by Crippen LogP contribution is 2.22. The highest BCUT2D eigenvalue weighted by molar-refractivity contribution is 6.35. The van der Waals surface area contributed by atoms with Crippen LogP contribution in [0.2, 0.25) is 10.0 Å². The molecule has 1 atom stereocenters. The van der Waals surface area contributed by atoms with Crippen molar-refractivity contribution in [3.05, 3.63) is 33.8 Å². The van der Waals surface area contributed by atoms with Crippen molar-refractivity contribution in [1.29, 1.82) is 0 Å². The molecule has 1 aromatic carbocycles. The van der Waals surface area contributed by atoms with Crippen molar-refractivity contribution in [2.45, 2.75) is 25.3 Å². The molecule has 1 aromatic rings. The average molecular weight is 338 g/mol. The quantitative estimate of drug-likeness (QED) is 0.919. The number of carbonyl (C=O) groups excluding carboxylic acids is 1. The Balaban J connectivity index is 0.00000200. The van der Waals surface area contributed by atoms with Crippen LogP contribution in [0.5, 0.6) is 0 Å². The molecule has 0 aliphatic carbocycles. The fourth-order valence-electron chi connectivity index (χ4n) is 2.38. The van der Waals surface area contributed by atoms with E-state index in [1.165, 1.54) is 0 Å². The van der Waals surface area contributed by atoms with Gasteiger partial charge in [-0.3, -0.25) is 4.79 Å². The molecule has 2 rings (SSSR count). The lowest BCUT2D eigenvalue weighted by atomic mass is 10.0. The van der Waals surface area contributed by atoms with Crippen LogP contribution in [0.1, 0.15) is 18.4 Å². The second kappa shape index (κ2) is 8.08. The summed E-state index contributed by atoms with van der Waals surface area (Å²) in [7, 11) is 1.94. The number of nitrogens with one attached hydrogen (secondary N) is 1. The van der Waals surface area contributed by atoms with Crippen LogP contribution in [0.4, 0.5) is 0 Å². The number of rotatable bonds is 3. The molecule has 1 aliphatic rings. The maximum Gasteiger partial charge on any atom is 0.227 e. The lowest BCUT2D eigenvalue weighted by Gasteiger charge is -2.32. The predicted octanol–water partition coefficient (Wildman–Crippen LogP) is 3.17. The van der Waals surface area contributed by atoms with Gasteiger partial charge in [-0.05, 0) is 37.6 Å². The van der Waals surface area contributed by atoms with Crippen LogP contribution < -0.4 is 5.32 Å². The van der Waals surface area contributed by atoms with Gasteiger partial charge in [0.25, 0.3) is 0 Å². The van der Waals surface area contributed by atoms with E-state index in [1.807, 2.05) is 18.0 Å². The van der Waals surface area contributed by atoms with Gasteiger partial charge in [-0.2, -0.15) is 0 Å². The predicted molar refractivity (Wildman–Crippen MR) is 86.1 cm³/mol. The van der Waals surface area contributed by atoms with Gasteiger partial charge in [-0.25, -0.2) is 0 Å². The van der Waals surface area contributed by atoms with E-state index in [0.29, 0.717) is 22.5 Å². The third-order valence-electron chi connectivity index (χ3n) is 3.54. The molecule has 1 heterocycles. The number of carbonyl (C=O) groups is 1. The van der Waals surface area contributed by atoms with E-state index in [1.54, 1.807) is 12.1 Å². The van der Waals surface area contributed by atoms with Gasteiger partial charge in [0.1, 0.15) is 0 Å². The van der Waals surface area contributed by atoms with Crippen LogP contribution >= 0.6 is 35.6 Å². The first kappa shape index (κ1) is 17.6. The molecule has 0 saturated carbocycles. The fourth-order valence-corrected chi connectivity index (χ4v) is 2.85. The van der Waals surface area contributed by atoms with Crippen LogP contribution in [-0.4, -0.2) is 37.0 Å². The van der Waals surface area contributed by atoms with Crippen LogP contribution in [0.25, 0.3) is 0 Å². The smallest absolute Gasteiger partial charge is 0.227 e. The molecule has 0 radical (unpaired) electrons. The van der Waals surface area contributed by atoms with E-state index >= 15 is 0 Å². The van der Waals surface area contributed by atoms with E-state index in [9.17, 15) is 4.79 Å². The van der Waals surface area contributed by atoms with Crippen molar-refractivity contribution >= 4 is 41.5 Å². The minimum absolute atomic E-state index is 0. The fraction of sp³-hybridized carbons (Fsp3) is 0.500. The third kappa shape index (κ3) is 4.52. The number of hydrogen-bond donors (Lipinski definition) is 1. The molecule has 20 heavy (non-hydrogen) atoms. The lowest BCUT2D eigenvalue weighted by Crippen LogP contribution is -2.47. The summed E-state index contributed by atoms with van der Waals surface area (Å²) in [6.45, 7) is 1.61. The molecule has 6 heteroatoms. The molecule has 3 nitrogen and oxygen atoms in total. The van der Waals surface area contributed by atoms with Gasteiger partial charge >= 0.3 is 0 Å². The minimum Gasteiger partial charge on any atom is -0.341 e. The largest absolute Gasteiger partial charge is 0.341 e. The molecule has 1 unspecified atom stereocenters. The van der Waals surface area contributed by atoms with Crippen molar-refractivity contribution in [2.24, 2.45) is 0 Å². The molecule has 0 aromatic heterocycles. The van der Waals surface area contributed by atoms with E-state index < -0.39 is 0 Å². The summed E-state index contributed by atoms with van der Waals surface area (Å²) in [6, 6.07) is 5.67. The Hall–Kier alpha value is -0.480. The highest BCUT2D eigenvalue weighted by atomic mass is 35.5. The van der Waals surface area contributed by atoms with Crippen molar-refractivity contribution in [2.75, 3.05) is 20.1 Å². The number of likely N-dealkylation sites (tertiary alicyclic amines) is 1. The van der Waals surface area contributed by atoms with Gasteiger partial charge in [0, 0.05) is 29.2 Å². The third-order valence-corrected chi connectivity index (χ3v) is 4.13. The molecule has 1 saturated heterocycles.